The van der Waals surface area contributed by atoms with Gasteiger partial charge in [-0.3, -0.25) is 9.69 Å². The first-order valence-corrected chi connectivity index (χ1v) is 6.72. The summed E-state index contributed by atoms with van der Waals surface area (Å²) in [6.07, 6.45) is 1.36. The van der Waals surface area contributed by atoms with Crippen LogP contribution in [0.2, 0.25) is 5.02 Å². The number of carboxylic acids is 1. The molecule has 1 aliphatic rings. The third-order valence-corrected chi connectivity index (χ3v) is 3.86. The maximum atomic E-state index is 12.1. The van der Waals surface area contributed by atoms with Crippen LogP contribution in [0.3, 0.4) is 0 Å². The van der Waals surface area contributed by atoms with Crippen LogP contribution in [0.15, 0.2) is 12.1 Å². The van der Waals surface area contributed by atoms with Crippen molar-refractivity contribution in [1.82, 2.24) is 0 Å². The molecule has 1 fully saturated rings. The lowest BCUT2D eigenvalue weighted by atomic mass is 10.00. The van der Waals surface area contributed by atoms with Gasteiger partial charge >= 0.3 is 5.97 Å². The zero-order chi connectivity index (χ0) is 14.9. The summed E-state index contributed by atoms with van der Waals surface area (Å²) in [6.45, 7) is 1.80. The fourth-order valence-electron chi connectivity index (χ4n) is 2.41. The number of anilines is 1. The second kappa shape index (κ2) is 5.71. The van der Waals surface area contributed by atoms with E-state index >= 15 is 0 Å². The number of carbonyl (C=O) groups excluding carboxylic acids is 1. The van der Waals surface area contributed by atoms with Gasteiger partial charge in [0, 0.05) is 17.5 Å². The van der Waals surface area contributed by atoms with Crippen molar-refractivity contribution in [2.24, 2.45) is 0 Å². The summed E-state index contributed by atoms with van der Waals surface area (Å²) in [4.78, 5) is 24.8. The highest BCUT2D eigenvalue weighted by Crippen LogP contribution is 2.37. The summed E-state index contributed by atoms with van der Waals surface area (Å²) in [5.74, 6) is -0.807. The number of carbonyl (C=O) groups is 2. The number of piperidine rings is 1. The number of hydrogen-bond acceptors (Lipinski definition) is 3. The van der Waals surface area contributed by atoms with E-state index in [1.165, 1.54) is 12.0 Å². The minimum atomic E-state index is -1.01. The summed E-state index contributed by atoms with van der Waals surface area (Å²) in [7, 11) is 1.47. The van der Waals surface area contributed by atoms with Crippen molar-refractivity contribution in [3.63, 3.8) is 0 Å². The highest BCUT2D eigenvalue weighted by atomic mass is 35.5. The fourth-order valence-corrected chi connectivity index (χ4v) is 2.56. The molecule has 1 aromatic carbocycles. The minimum Gasteiger partial charge on any atom is -0.495 e. The molecule has 1 aromatic rings. The maximum Gasteiger partial charge on any atom is 0.326 e. The van der Waals surface area contributed by atoms with Gasteiger partial charge in [-0.15, -0.1) is 0 Å². The van der Waals surface area contributed by atoms with Crippen LogP contribution >= 0.6 is 11.6 Å². The van der Waals surface area contributed by atoms with E-state index in [0.29, 0.717) is 35.7 Å². The molecule has 1 amide bonds. The molecule has 20 heavy (non-hydrogen) atoms. The van der Waals surface area contributed by atoms with Crippen LogP contribution in [-0.4, -0.2) is 30.1 Å². The van der Waals surface area contributed by atoms with Crippen LogP contribution in [-0.2, 0) is 9.59 Å². The Labute approximate surface area is 122 Å². The van der Waals surface area contributed by atoms with Gasteiger partial charge in [-0.2, -0.15) is 0 Å². The van der Waals surface area contributed by atoms with Gasteiger partial charge in [-0.05, 0) is 31.4 Å². The van der Waals surface area contributed by atoms with Crippen molar-refractivity contribution >= 4 is 29.2 Å². The molecular weight excluding hydrogens is 282 g/mol. The van der Waals surface area contributed by atoms with Gasteiger partial charge in [0.1, 0.15) is 11.8 Å². The Kier molecular flexibility index (Phi) is 4.18. The van der Waals surface area contributed by atoms with E-state index in [4.69, 9.17) is 16.3 Å². The first kappa shape index (κ1) is 14.7. The predicted octanol–water partition coefficient (Wildman–Crippen LogP) is 2.63. The van der Waals surface area contributed by atoms with Crippen molar-refractivity contribution in [1.29, 1.82) is 0 Å². The Morgan fingerprint density at radius 2 is 2.20 bits per heavy atom. The Morgan fingerprint density at radius 3 is 2.80 bits per heavy atom. The van der Waals surface area contributed by atoms with Gasteiger partial charge in [-0.1, -0.05) is 11.6 Å². The van der Waals surface area contributed by atoms with Crippen LogP contribution in [0.5, 0.6) is 5.75 Å². The lowest BCUT2D eigenvalue weighted by Crippen LogP contribution is -2.48. The molecule has 0 bridgehead atoms. The third kappa shape index (κ3) is 2.58. The Hall–Kier alpha value is -1.75. The third-order valence-electron chi connectivity index (χ3n) is 3.45. The summed E-state index contributed by atoms with van der Waals surface area (Å²) < 4.78 is 5.24. The van der Waals surface area contributed by atoms with Gasteiger partial charge < -0.3 is 9.84 Å². The molecule has 0 radical (unpaired) electrons. The molecule has 1 saturated heterocycles. The summed E-state index contributed by atoms with van der Waals surface area (Å²) in [5.41, 5.74) is 1.23. The number of nitrogens with zero attached hydrogens (tertiary/aromatic N) is 1. The van der Waals surface area contributed by atoms with E-state index in [9.17, 15) is 14.7 Å². The smallest absolute Gasteiger partial charge is 0.326 e. The average Bonchev–Trinajstić information content (AvgIpc) is 2.41. The molecule has 0 aromatic heterocycles. The summed E-state index contributed by atoms with van der Waals surface area (Å²) in [6, 6.07) is 2.44. The van der Waals surface area contributed by atoms with Gasteiger partial charge in [0.25, 0.3) is 0 Å². The largest absolute Gasteiger partial charge is 0.495 e. The van der Waals surface area contributed by atoms with Crippen LogP contribution in [0.25, 0.3) is 0 Å². The molecular formula is C14H16ClNO4. The van der Waals surface area contributed by atoms with Gasteiger partial charge in [0.15, 0.2) is 0 Å². The topological polar surface area (TPSA) is 66.8 Å². The SMILES string of the molecule is COc1cc(Cl)c(C)cc1N1C(=O)CCCC1C(=O)O. The molecule has 1 atom stereocenters. The number of hydrogen-bond donors (Lipinski definition) is 1. The lowest BCUT2D eigenvalue weighted by molar-refractivity contribution is -0.141. The highest BCUT2D eigenvalue weighted by molar-refractivity contribution is 6.31. The van der Waals surface area contributed by atoms with E-state index in [1.54, 1.807) is 19.1 Å². The van der Waals surface area contributed by atoms with Crippen molar-refractivity contribution < 1.29 is 19.4 Å². The van der Waals surface area contributed by atoms with Crippen LogP contribution < -0.4 is 9.64 Å². The highest BCUT2D eigenvalue weighted by Gasteiger charge is 2.35. The molecule has 6 heteroatoms. The number of aliphatic carboxylic acids is 1. The van der Waals surface area contributed by atoms with Crippen molar-refractivity contribution in [2.45, 2.75) is 32.2 Å². The molecule has 1 N–H and O–H groups in total. The Balaban J connectivity index is 2.53. The number of amides is 1. The number of aryl methyl sites for hydroxylation is 1. The first-order chi connectivity index (χ1) is 9.45. The van der Waals surface area contributed by atoms with E-state index in [2.05, 4.69) is 0 Å². The number of rotatable bonds is 3. The van der Waals surface area contributed by atoms with Gasteiger partial charge in [0.05, 0.1) is 12.8 Å². The number of halogens is 1. The average molecular weight is 298 g/mol. The number of carboxylic acid groups (broad SMARTS) is 1. The minimum absolute atomic E-state index is 0.205. The summed E-state index contributed by atoms with van der Waals surface area (Å²) >= 11 is 6.04. The molecule has 5 nitrogen and oxygen atoms in total. The molecule has 108 valence electrons. The van der Waals surface area contributed by atoms with E-state index in [0.717, 1.165) is 5.56 Å². The molecule has 2 rings (SSSR count). The Bertz CT molecular complexity index is 558. The molecule has 1 unspecified atom stereocenters. The number of methoxy groups -OCH3 is 1. The quantitative estimate of drug-likeness (QED) is 0.931. The Morgan fingerprint density at radius 1 is 1.50 bits per heavy atom. The predicted molar refractivity (Wildman–Crippen MR) is 75.5 cm³/mol. The number of ether oxygens (including phenoxy) is 1. The van der Waals surface area contributed by atoms with Crippen LogP contribution in [0.1, 0.15) is 24.8 Å². The van der Waals surface area contributed by atoms with Gasteiger partial charge in [-0.25, -0.2) is 4.79 Å². The zero-order valence-electron chi connectivity index (χ0n) is 11.4. The molecule has 1 aliphatic heterocycles. The molecule has 0 spiro atoms. The lowest BCUT2D eigenvalue weighted by Gasteiger charge is -2.34. The van der Waals surface area contributed by atoms with E-state index in [-0.39, 0.29) is 5.91 Å². The molecule has 0 saturated carbocycles. The van der Waals surface area contributed by atoms with Gasteiger partial charge in [0.2, 0.25) is 5.91 Å². The standard InChI is InChI=1S/C14H16ClNO4/c1-8-6-11(12(20-2)7-9(8)15)16-10(14(18)19)4-3-5-13(16)17/h6-7,10H,3-5H2,1-2H3,(H,18,19). The monoisotopic (exact) mass is 297 g/mol. The normalized spacial score (nSPS) is 19.1. The maximum absolute atomic E-state index is 12.1. The zero-order valence-corrected chi connectivity index (χ0v) is 12.1. The van der Waals surface area contributed by atoms with Crippen LogP contribution in [0.4, 0.5) is 5.69 Å². The fraction of sp³-hybridized carbons (Fsp3) is 0.429. The van der Waals surface area contributed by atoms with E-state index in [1.807, 2.05) is 0 Å². The number of benzene rings is 1. The van der Waals surface area contributed by atoms with Crippen LogP contribution in [0, 0.1) is 6.92 Å². The van der Waals surface area contributed by atoms with E-state index < -0.39 is 12.0 Å². The van der Waals surface area contributed by atoms with Crippen molar-refractivity contribution in [2.75, 3.05) is 12.0 Å². The first-order valence-electron chi connectivity index (χ1n) is 6.34. The molecule has 0 aliphatic carbocycles. The second-order valence-corrected chi connectivity index (χ2v) is 5.19. The second-order valence-electron chi connectivity index (χ2n) is 4.78. The van der Waals surface area contributed by atoms with Crippen molar-refractivity contribution in [3.05, 3.63) is 22.7 Å². The van der Waals surface area contributed by atoms with Crippen molar-refractivity contribution in [3.8, 4) is 5.75 Å². The molecule has 1 heterocycles. The summed E-state index contributed by atoms with van der Waals surface area (Å²) in [5, 5.41) is 9.83.